The first-order valence-electron chi connectivity index (χ1n) is 3.10. The van der Waals surface area contributed by atoms with E-state index in [9.17, 15) is 13.2 Å². The Morgan fingerprint density at radius 2 is 1.50 bits per heavy atom. The first-order valence-corrected chi connectivity index (χ1v) is 3.10. The van der Waals surface area contributed by atoms with E-state index in [2.05, 4.69) is 4.74 Å². The molecule has 3 N–H and O–H groups in total. The minimum Gasteiger partial charge on any atom is -0.387 e. The average molecular weight is 188 g/mol. The van der Waals surface area contributed by atoms with Crippen LogP contribution in [-0.4, -0.2) is 46.1 Å². The Kier molecular flexibility index (Phi) is 2.30. The highest BCUT2D eigenvalue weighted by molar-refractivity contribution is 4.89. The molecule has 0 aromatic rings. The van der Waals surface area contributed by atoms with Crippen LogP contribution >= 0.6 is 0 Å². The van der Waals surface area contributed by atoms with Gasteiger partial charge in [0, 0.05) is 0 Å². The summed E-state index contributed by atoms with van der Waals surface area (Å²) in [6.07, 6.45) is -13.3. The third-order valence-corrected chi connectivity index (χ3v) is 1.56. The summed E-state index contributed by atoms with van der Waals surface area (Å²) in [7, 11) is 0. The molecule has 1 saturated heterocycles. The molecular weight excluding hydrogens is 181 g/mol. The molecule has 12 heavy (non-hydrogen) atoms. The SMILES string of the molecule is O[C@@H]1[C@H](O)[C@H](O)O[C@H]1C(F)(F)F. The molecule has 1 aliphatic rings. The van der Waals surface area contributed by atoms with Crippen LogP contribution in [0.5, 0.6) is 0 Å². The minimum atomic E-state index is -4.78. The molecule has 4 atom stereocenters. The van der Waals surface area contributed by atoms with Gasteiger partial charge in [-0.3, -0.25) is 0 Å². The van der Waals surface area contributed by atoms with Crippen molar-refractivity contribution in [1.82, 2.24) is 0 Å². The van der Waals surface area contributed by atoms with Gasteiger partial charge < -0.3 is 20.1 Å². The van der Waals surface area contributed by atoms with E-state index < -0.39 is 30.8 Å². The van der Waals surface area contributed by atoms with Crippen molar-refractivity contribution in [2.45, 2.75) is 30.8 Å². The van der Waals surface area contributed by atoms with Crippen molar-refractivity contribution in [3.8, 4) is 0 Å². The molecule has 7 heteroatoms. The Balaban J connectivity index is 2.71. The van der Waals surface area contributed by atoms with Gasteiger partial charge in [0.05, 0.1) is 0 Å². The zero-order chi connectivity index (χ0) is 9.52. The van der Waals surface area contributed by atoms with Crippen LogP contribution in [0.1, 0.15) is 0 Å². The standard InChI is InChI=1S/C5H7F3O4/c6-5(7,8)3-1(9)2(10)4(11)12-3/h1-4,9-11H/t1-,2+,3-,4-/m1/s1. The van der Waals surface area contributed by atoms with E-state index in [1.807, 2.05) is 0 Å². The Bertz CT molecular complexity index is 171. The van der Waals surface area contributed by atoms with Crippen molar-refractivity contribution in [3.63, 3.8) is 0 Å². The van der Waals surface area contributed by atoms with E-state index in [1.165, 1.54) is 0 Å². The summed E-state index contributed by atoms with van der Waals surface area (Å²) in [6.45, 7) is 0. The molecule has 0 saturated carbocycles. The zero-order valence-corrected chi connectivity index (χ0v) is 5.69. The molecule has 72 valence electrons. The third-order valence-electron chi connectivity index (χ3n) is 1.56. The molecule has 0 bridgehead atoms. The molecule has 0 spiro atoms. The summed E-state index contributed by atoms with van der Waals surface area (Å²) >= 11 is 0. The highest BCUT2D eigenvalue weighted by Gasteiger charge is 2.55. The van der Waals surface area contributed by atoms with E-state index in [-0.39, 0.29) is 0 Å². The predicted octanol–water partition coefficient (Wildman–Crippen LogP) is -1.01. The second-order valence-electron chi connectivity index (χ2n) is 2.47. The fourth-order valence-electron chi connectivity index (χ4n) is 0.930. The van der Waals surface area contributed by atoms with Gasteiger partial charge in [0.25, 0.3) is 0 Å². The molecule has 4 nitrogen and oxygen atoms in total. The monoisotopic (exact) mass is 188 g/mol. The van der Waals surface area contributed by atoms with Crippen LogP contribution in [0.2, 0.25) is 0 Å². The Morgan fingerprint density at radius 1 is 1.00 bits per heavy atom. The van der Waals surface area contributed by atoms with Gasteiger partial charge in [-0.25, -0.2) is 0 Å². The lowest BCUT2D eigenvalue weighted by Crippen LogP contribution is -2.40. The number of hydrogen-bond donors (Lipinski definition) is 3. The number of aliphatic hydroxyl groups is 3. The second kappa shape index (κ2) is 2.84. The number of hydrogen-bond acceptors (Lipinski definition) is 4. The maximum absolute atomic E-state index is 11.9. The summed E-state index contributed by atoms with van der Waals surface area (Å²) in [4.78, 5) is 0. The van der Waals surface area contributed by atoms with Gasteiger partial charge in [-0.1, -0.05) is 0 Å². The van der Waals surface area contributed by atoms with E-state index in [0.717, 1.165) is 0 Å². The molecule has 0 radical (unpaired) electrons. The van der Waals surface area contributed by atoms with Crippen molar-refractivity contribution < 1.29 is 33.2 Å². The third kappa shape index (κ3) is 1.53. The van der Waals surface area contributed by atoms with Crippen molar-refractivity contribution in [1.29, 1.82) is 0 Å². The molecule has 0 amide bonds. The number of alkyl halides is 3. The maximum Gasteiger partial charge on any atom is 0.417 e. The molecule has 1 fully saturated rings. The Labute approximate surface area is 65.2 Å². The summed E-state index contributed by atoms with van der Waals surface area (Å²) < 4.78 is 39.4. The number of rotatable bonds is 0. The zero-order valence-electron chi connectivity index (χ0n) is 5.69. The van der Waals surface area contributed by atoms with Crippen LogP contribution in [0.15, 0.2) is 0 Å². The highest BCUT2D eigenvalue weighted by atomic mass is 19.4. The number of aliphatic hydroxyl groups excluding tert-OH is 3. The normalized spacial score (nSPS) is 43.5. The quantitative estimate of drug-likeness (QED) is 0.455. The van der Waals surface area contributed by atoms with Crippen LogP contribution < -0.4 is 0 Å². The Hall–Kier alpha value is -0.370. The Morgan fingerprint density at radius 3 is 1.67 bits per heavy atom. The summed E-state index contributed by atoms with van der Waals surface area (Å²) in [6, 6.07) is 0. The summed E-state index contributed by atoms with van der Waals surface area (Å²) in [5.74, 6) is 0. The van der Waals surface area contributed by atoms with E-state index in [1.54, 1.807) is 0 Å². The molecule has 1 aliphatic heterocycles. The topological polar surface area (TPSA) is 69.9 Å². The average Bonchev–Trinajstić information content (AvgIpc) is 2.15. The molecule has 0 aromatic carbocycles. The lowest BCUT2D eigenvalue weighted by atomic mass is 10.1. The first-order chi connectivity index (χ1) is 5.34. The van der Waals surface area contributed by atoms with Crippen molar-refractivity contribution in [2.75, 3.05) is 0 Å². The van der Waals surface area contributed by atoms with Gasteiger partial charge in [-0.15, -0.1) is 0 Å². The molecule has 0 aliphatic carbocycles. The van der Waals surface area contributed by atoms with Crippen LogP contribution in [0.3, 0.4) is 0 Å². The smallest absolute Gasteiger partial charge is 0.387 e. The van der Waals surface area contributed by atoms with Crippen molar-refractivity contribution in [2.24, 2.45) is 0 Å². The van der Waals surface area contributed by atoms with Gasteiger partial charge in [0.1, 0.15) is 12.2 Å². The van der Waals surface area contributed by atoms with Crippen LogP contribution in [0, 0.1) is 0 Å². The highest BCUT2D eigenvalue weighted by Crippen LogP contribution is 2.32. The largest absolute Gasteiger partial charge is 0.417 e. The van der Waals surface area contributed by atoms with Crippen molar-refractivity contribution >= 4 is 0 Å². The molecule has 0 unspecified atom stereocenters. The first kappa shape index (κ1) is 9.72. The fraction of sp³-hybridized carbons (Fsp3) is 1.00. The lowest BCUT2D eigenvalue weighted by Gasteiger charge is -2.16. The van der Waals surface area contributed by atoms with Crippen LogP contribution in [0.25, 0.3) is 0 Å². The fourth-order valence-corrected chi connectivity index (χ4v) is 0.930. The lowest BCUT2D eigenvalue weighted by molar-refractivity contribution is -0.248. The van der Waals surface area contributed by atoms with Crippen molar-refractivity contribution in [3.05, 3.63) is 0 Å². The molecular formula is C5H7F3O4. The summed E-state index contributed by atoms with van der Waals surface area (Å²) in [5, 5.41) is 26.0. The molecule has 1 rings (SSSR count). The maximum atomic E-state index is 11.9. The van der Waals surface area contributed by atoms with Crippen LogP contribution in [0.4, 0.5) is 13.2 Å². The number of halogens is 3. The minimum absolute atomic E-state index is 1.91. The van der Waals surface area contributed by atoms with Gasteiger partial charge in [-0.05, 0) is 0 Å². The van der Waals surface area contributed by atoms with E-state index in [4.69, 9.17) is 15.3 Å². The van der Waals surface area contributed by atoms with E-state index in [0.29, 0.717) is 0 Å². The predicted molar refractivity (Wildman–Crippen MR) is 28.9 cm³/mol. The van der Waals surface area contributed by atoms with Gasteiger partial charge in [0.15, 0.2) is 12.4 Å². The van der Waals surface area contributed by atoms with Gasteiger partial charge in [0.2, 0.25) is 0 Å². The second-order valence-corrected chi connectivity index (χ2v) is 2.47. The van der Waals surface area contributed by atoms with Crippen LogP contribution in [-0.2, 0) is 4.74 Å². The summed E-state index contributed by atoms with van der Waals surface area (Å²) in [5.41, 5.74) is 0. The van der Waals surface area contributed by atoms with Gasteiger partial charge >= 0.3 is 6.18 Å². The molecule has 0 aromatic heterocycles. The molecule has 1 heterocycles. The number of ether oxygens (including phenoxy) is 1. The van der Waals surface area contributed by atoms with Gasteiger partial charge in [-0.2, -0.15) is 13.2 Å². The van der Waals surface area contributed by atoms with E-state index >= 15 is 0 Å².